The van der Waals surface area contributed by atoms with Crippen molar-refractivity contribution < 1.29 is 5.48 Å². The van der Waals surface area contributed by atoms with Gasteiger partial charge < -0.3 is 5.48 Å². The van der Waals surface area contributed by atoms with E-state index in [4.69, 9.17) is 0 Å². The van der Waals surface area contributed by atoms with Gasteiger partial charge in [-0.3, -0.25) is 11.7 Å². The van der Waals surface area contributed by atoms with Gasteiger partial charge in [-0.25, -0.2) is 0 Å². The maximum absolute atomic E-state index is 4.00. The molecule has 0 saturated carbocycles. The van der Waals surface area contributed by atoms with Crippen LogP contribution in [0, 0.1) is 0 Å². The van der Waals surface area contributed by atoms with Crippen LogP contribution in [0.5, 0.6) is 0 Å². The fraction of sp³-hybridized carbons (Fsp3) is 1.00. The van der Waals surface area contributed by atoms with Crippen LogP contribution in [0.3, 0.4) is 0 Å². The number of hydrogen-bond acceptors (Lipinski definition) is 2. The first kappa shape index (κ1) is 34.0. The van der Waals surface area contributed by atoms with Crippen molar-refractivity contribution in [2.45, 2.75) is 26.7 Å². The van der Waals surface area contributed by atoms with Crippen LogP contribution in [0.1, 0.15) is 26.7 Å². The van der Waals surface area contributed by atoms with Gasteiger partial charge in [0.05, 0.1) is 0 Å². The molecule has 0 spiro atoms. The smallest absolute Gasteiger partial charge is 0.0564 e. The maximum Gasteiger partial charge on any atom is -0.0564 e. The van der Waals surface area contributed by atoms with E-state index >= 15 is 0 Å². The Hall–Kier alpha value is 0.460. The van der Waals surface area contributed by atoms with Crippen molar-refractivity contribution in [2.75, 3.05) is 0 Å². The summed E-state index contributed by atoms with van der Waals surface area (Å²) in [5.41, 5.74) is 0. The lowest BCUT2D eigenvalue weighted by Crippen LogP contribution is -2.02. The molecule has 0 heterocycles. The van der Waals surface area contributed by atoms with Gasteiger partial charge in [-0.05, 0) is 0 Å². The van der Waals surface area contributed by atoms with E-state index in [1.54, 1.807) is 0 Å². The van der Waals surface area contributed by atoms with Crippen LogP contribution < -0.4 is 11.7 Å². The quantitative estimate of drug-likeness (QED) is 0.459. The average molecular weight is 181 g/mol. The lowest BCUT2D eigenvalue weighted by atomic mass is 10.4. The Balaban J connectivity index is -0.00000000990. The molecule has 0 atom stereocenters. The molecule has 6 N–H and O–H groups in total. The van der Waals surface area contributed by atoms with Crippen molar-refractivity contribution in [3.8, 4) is 0 Å². The lowest BCUT2D eigenvalue weighted by Gasteiger charge is -1.68. The van der Waals surface area contributed by atoms with E-state index in [2.05, 4.69) is 25.5 Å². The largest absolute Gasteiger partial charge is 0.412 e. The molecule has 0 aliphatic heterocycles. The highest BCUT2D eigenvalue weighted by Crippen LogP contribution is 1.76. The second kappa shape index (κ2) is 77.8. The van der Waals surface area contributed by atoms with E-state index in [9.17, 15) is 0 Å². The highest BCUT2D eigenvalue weighted by molar-refractivity contribution is 5.85. The predicted octanol–water partition coefficient (Wildman–Crippen LogP) is 0.644. The Bertz CT molecular complexity index is 18.5. The van der Waals surface area contributed by atoms with Gasteiger partial charge >= 0.3 is 0 Å². The zero-order valence-electron chi connectivity index (χ0n) is 5.89. The number of halogens is 2. The molecular weight excluding hydrogens is 163 g/mol. The highest BCUT2D eigenvalue weighted by Gasteiger charge is 1.56. The fourth-order valence-corrected chi connectivity index (χ4v) is 0. The van der Waals surface area contributed by atoms with Gasteiger partial charge in [-0.2, -0.15) is 0 Å². The van der Waals surface area contributed by atoms with Crippen molar-refractivity contribution >= 4 is 24.8 Å². The number of unbranched alkanes of at least 4 members (excludes halogenated alkanes) is 1. The van der Waals surface area contributed by atoms with Crippen molar-refractivity contribution in [3.05, 3.63) is 0 Å². The number of hydrogen-bond donors (Lipinski definition) is 2. The maximum atomic E-state index is 4.00. The monoisotopic (exact) mass is 180 g/mol. The van der Waals surface area contributed by atoms with E-state index in [-0.39, 0.29) is 30.3 Å². The van der Waals surface area contributed by atoms with Crippen LogP contribution in [-0.2, 0) is 0 Å². The molecule has 0 saturated heterocycles. The van der Waals surface area contributed by atoms with Crippen molar-refractivity contribution in [1.29, 1.82) is 0 Å². The standard InChI is InChI=1S/C4H10.2ClH.H4N2.H2O/c1-3-4-2;;;1-2;/h3-4H2,1-2H3;2*1H;1-2H2;1H2. The average Bonchev–Trinajstić information content (AvgIpc) is 1.72. The van der Waals surface area contributed by atoms with E-state index in [1.807, 2.05) is 0 Å². The van der Waals surface area contributed by atoms with E-state index in [1.165, 1.54) is 12.8 Å². The lowest BCUT2D eigenvalue weighted by molar-refractivity contribution is 0.824. The van der Waals surface area contributed by atoms with Gasteiger partial charge in [0.2, 0.25) is 0 Å². The number of nitrogens with two attached hydrogens (primary N) is 2. The Morgan fingerprint density at radius 2 is 1.00 bits per heavy atom. The molecule has 0 radical (unpaired) electrons. The minimum Gasteiger partial charge on any atom is -0.412 e. The molecule has 0 aromatic heterocycles. The molecule has 3 nitrogen and oxygen atoms in total. The first-order valence-corrected chi connectivity index (χ1v) is 2.25. The molecule has 5 heteroatoms. The summed E-state index contributed by atoms with van der Waals surface area (Å²) in [7, 11) is 0. The van der Waals surface area contributed by atoms with Crippen molar-refractivity contribution in [1.82, 2.24) is 0 Å². The Morgan fingerprint density at radius 1 is 0.889 bits per heavy atom. The third-order valence-electron chi connectivity index (χ3n) is 0.500. The van der Waals surface area contributed by atoms with E-state index in [0.717, 1.165) is 0 Å². The third-order valence-corrected chi connectivity index (χ3v) is 0.500. The van der Waals surface area contributed by atoms with Crippen molar-refractivity contribution in [3.63, 3.8) is 0 Å². The summed E-state index contributed by atoms with van der Waals surface area (Å²) in [5, 5.41) is 0. The number of rotatable bonds is 1. The normalized spacial score (nSPS) is 4.00. The van der Waals surface area contributed by atoms with Gasteiger partial charge in [-0.15, -0.1) is 24.8 Å². The topological polar surface area (TPSA) is 83.5 Å². The molecule has 64 valence electrons. The molecule has 0 fully saturated rings. The first-order chi connectivity index (χ1) is 2.91. The van der Waals surface area contributed by atoms with Crippen LogP contribution >= 0.6 is 24.8 Å². The molecule has 0 aliphatic carbocycles. The molecule has 0 amide bonds. The first-order valence-electron chi connectivity index (χ1n) is 2.25. The van der Waals surface area contributed by atoms with Crippen LogP contribution in [0.15, 0.2) is 0 Å². The summed E-state index contributed by atoms with van der Waals surface area (Å²) in [4.78, 5) is 0. The Labute approximate surface area is 69.3 Å². The minimum absolute atomic E-state index is 0. The SMILES string of the molecule is CCCC.Cl.Cl.NN.O. The zero-order valence-corrected chi connectivity index (χ0v) is 7.52. The summed E-state index contributed by atoms with van der Waals surface area (Å²) in [6.07, 6.45) is 2.64. The van der Waals surface area contributed by atoms with Gasteiger partial charge in [-0.1, -0.05) is 26.7 Å². The summed E-state index contributed by atoms with van der Waals surface area (Å²) in [5.74, 6) is 8.00. The molecule has 0 unspecified atom stereocenters. The second-order valence-electron chi connectivity index (χ2n) is 1.000. The molecule has 0 bridgehead atoms. The van der Waals surface area contributed by atoms with Gasteiger partial charge in [0.15, 0.2) is 0 Å². The summed E-state index contributed by atoms with van der Waals surface area (Å²) < 4.78 is 0. The molecule has 0 rings (SSSR count). The van der Waals surface area contributed by atoms with Crippen molar-refractivity contribution in [2.24, 2.45) is 11.7 Å². The second-order valence-corrected chi connectivity index (χ2v) is 1.000. The van der Waals surface area contributed by atoms with Gasteiger partial charge in [0.1, 0.15) is 0 Å². The zero-order chi connectivity index (χ0) is 5.41. The Kier molecular flexibility index (Phi) is 294. The summed E-state index contributed by atoms with van der Waals surface area (Å²) in [6, 6.07) is 0. The third kappa shape index (κ3) is 166. The van der Waals surface area contributed by atoms with Crippen LogP contribution in [0.25, 0.3) is 0 Å². The molecule has 0 aromatic rings. The fourth-order valence-electron chi connectivity index (χ4n) is 0. The van der Waals surface area contributed by atoms with Gasteiger partial charge in [0, 0.05) is 0 Å². The van der Waals surface area contributed by atoms with Crippen LogP contribution in [0.4, 0.5) is 0 Å². The molecule has 9 heavy (non-hydrogen) atoms. The molecule has 0 aromatic carbocycles. The van der Waals surface area contributed by atoms with Crippen LogP contribution in [0.2, 0.25) is 0 Å². The summed E-state index contributed by atoms with van der Waals surface area (Å²) >= 11 is 0. The minimum atomic E-state index is 0. The highest BCUT2D eigenvalue weighted by atomic mass is 35.5. The Morgan fingerprint density at radius 3 is 1.00 bits per heavy atom. The predicted molar refractivity (Wildman–Crippen MR) is 47.1 cm³/mol. The van der Waals surface area contributed by atoms with E-state index in [0.29, 0.717) is 0 Å². The number of hydrazine groups is 1. The van der Waals surface area contributed by atoms with Gasteiger partial charge in [0.25, 0.3) is 0 Å². The molecule has 0 aliphatic rings. The molecular formula is C4H18Cl2N2O. The van der Waals surface area contributed by atoms with Crippen LogP contribution in [-0.4, -0.2) is 5.48 Å². The summed E-state index contributed by atoms with van der Waals surface area (Å²) in [6.45, 7) is 4.36. The van der Waals surface area contributed by atoms with E-state index < -0.39 is 0 Å².